The Bertz CT molecular complexity index is 1330. The predicted octanol–water partition coefficient (Wildman–Crippen LogP) is 5.26. The molecule has 0 radical (unpaired) electrons. The number of carbonyl (C=O) groups excluding carboxylic acids is 2. The highest BCUT2D eigenvalue weighted by molar-refractivity contribution is 5.84. The van der Waals surface area contributed by atoms with Crippen molar-refractivity contribution in [3.63, 3.8) is 0 Å². The minimum atomic E-state index is -1.15. The van der Waals surface area contributed by atoms with Gasteiger partial charge in [-0.3, -0.25) is 4.79 Å². The topological polar surface area (TPSA) is 114 Å². The fourth-order valence-corrected chi connectivity index (χ4v) is 5.97. The van der Waals surface area contributed by atoms with Crippen molar-refractivity contribution in [3.8, 4) is 11.1 Å². The van der Waals surface area contributed by atoms with Gasteiger partial charge < -0.3 is 25.2 Å². The molecule has 8 nitrogen and oxygen atoms in total. The smallest absolute Gasteiger partial charge is 0.407 e. The molecule has 2 amide bonds. The van der Waals surface area contributed by atoms with E-state index < -0.39 is 24.2 Å². The fraction of sp³-hybridized carbons (Fsp3) is 0.364. The van der Waals surface area contributed by atoms with Crippen molar-refractivity contribution in [3.05, 3.63) is 95.6 Å². The summed E-state index contributed by atoms with van der Waals surface area (Å²) in [7, 11) is 0. The molecule has 2 aliphatic carbocycles. The summed E-state index contributed by atoms with van der Waals surface area (Å²) in [5, 5.41) is 15.3. The fourth-order valence-electron chi connectivity index (χ4n) is 5.97. The molecule has 0 aliphatic heterocycles. The van der Waals surface area contributed by atoms with E-state index in [-0.39, 0.29) is 43.4 Å². The van der Waals surface area contributed by atoms with Crippen LogP contribution in [0.25, 0.3) is 11.1 Å². The molecule has 5 rings (SSSR count). The van der Waals surface area contributed by atoms with Gasteiger partial charge in [-0.1, -0.05) is 78.9 Å². The van der Waals surface area contributed by atoms with Crippen molar-refractivity contribution >= 4 is 18.0 Å². The van der Waals surface area contributed by atoms with Crippen LogP contribution in [0.5, 0.6) is 0 Å². The third-order valence-electron chi connectivity index (χ3n) is 8.09. The maximum Gasteiger partial charge on any atom is 0.407 e. The first-order valence-corrected chi connectivity index (χ1v) is 14.2. The molecular formula is C33H36N2O6. The molecule has 0 heterocycles. The molecule has 3 aromatic carbocycles. The lowest BCUT2D eigenvalue weighted by atomic mass is 9.98. The van der Waals surface area contributed by atoms with Crippen LogP contribution in [0.15, 0.2) is 78.9 Å². The van der Waals surface area contributed by atoms with Gasteiger partial charge in [-0.25, -0.2) is 9.59 Å². The normalized spacial score (nSPS) is 19.0. The Kier molecular flexibility index (Phi) is 8.99. The molecule has 3 aromatic rings. The lowest BCUT2D eigenvalue weighted by molar-refractivity contribution is -0.146. The first kappa shape index (κ1) is 28.4. The minimum Gasteiger partial charge on any atom is -0.480 e. The van der Waals surface area contributed by atoms with Crippen molar-refractivity contribution < 1.29 is 29.0 Å². The second-order valence-electron chi connectivity index (χ2n) is 10.9. The summed E-state index contributed by atoms with van der Waals surface area (Å²) in [6.07, 6.45) is 1.16. The van der Waals surface area contributed by atoms with E-state index in [0.29, 0.717) is 6.42 Å². The number of aliphatic carboxylic acids is 1. The average Bonchev–Trinajstić information content (AvgIpc) is 3.55. The van der Waals surface area contributed by atoms with Crippen molar-refractivity contribution in [1.29, 1.82) is 0 Å². The van der Waals surface area contributed by atoms with Crippen LogP contribution in [0.4, 0.5) is 4.79 Å². The van der Waals surface area contributed by atoms with Crippen LogP contribution < -0.4 is 10.6 Å². The third-order valence-corrected chi connectivity index (χ3v) is 8.09. The number of carbonyl (C=O) groups is 3. The highest BCUT2D eigenvalue weighted by Gasteiger charge is 2.33. The van der Waals surface area contributed by atoms with Gasteiger partial charge in [0.15, 0.2) is 6.04 Å². The number of ether oxygens (including phenoxy) is 2. The summed E-state index contributed by atoms with van der Waals surface area (Å²) in [5.74, 6) is -1.43. The molecular weight excluding hydrogens is 520 g/mol. The first-order chi connectivity index (χ1) is 19.9. The van der Waals surface area contributed by atoms with E-state index in [2.05, 4.69) is 34.9 Å². The van der Waals surface area contributed by atoms with Gasteiger partial charge in [-0.15, -0.1) is 0 Å². The van der Waals surface area contributed by atoms with Crippen molar-refractivity contribution in [2.45, 2.75) is 63.3 Å². The van der Waals surface area contributed by atoms with Crippen LogP contribution >= 0.6 is 0 Å². The highest BCUT2D eigenvalue weighted by Crippen LogP contribution is 2.44. The molecule has 41 heavy (non-hydrogen) atoms. The van der Waals surface area contributed by atoms with E-state index >= 15 is 0 Å². The number of benzene rings is 3. The second-order valence-corrected chi connectivity index (χ2v) is 10.9. The number of alkyl carbamates (subject to hydrolysis) is 1. The highest BCUT2D eigenvalue weighted by atomic mass is 16.5. The molecule has 0 bridgehead atoms. The number of carboxylic acid groups (broad SMARTS) is 1. The zero-order valence-electron chi connectivity index (χ0n) is 23.1. The van der Waals surface area contributed by atoms with Crippen molar-refractivity contribution in [1.82, 2.24) is 10.6 Å². The molecule has 0 spiro atoms. The Morgan fingerprint density at radius 3 is 2.20 bits per heavy atom. The van der Waals surface area contributed by atoms with Crippen molar-refractivity contribution in [2.75, 3.05) is 6.61 Å². The van der Waals surface area contributed by atoms with Crippen LogP contribution in [0, 0.1) is 5.92 Å². The largest absolute Gasteiger partial charge is 0.480 e. The Balaban J connectivity index is 1.06. The molecule has 0 unspecified atom stereocenters. The van der Waals surface area contributed by atoms with E-state index in [1.165, 1.54) is 11.1 Å². The Morgan fingerprint density at radius 1 is 0.902 bits per heavy atom. The monoisotopic (exact) mass is 556 g/mol. The van der Waals surface area contributed by atoms with Gasteiger partial charge >= 0.3 is 12.1 Å². The molecule has 214 valence electrons. The third kappa shape index (κ3) is 6.95. The summed E-state index contributed by atoms with van der Waals surface area (Å²) in [6.45, 7) is 2.15. The van der Waals surface area contributed by atoms with E-state index in [0.717, 1.165) is 29.5 Å². The number of fused-ring (bicyclic) bond motifs is 3. The first-order valence-electron chi connectivity index (χ1n) is 14.2. The van der Waals surface area contributed by atoms with Crippen LogP contribution in [0.3, 0.4) is 0 Å². The molecule has 3 N–H and O–H groups in total. The van der Waals surface area contributed by atoms with Gasteiger partial charge in [-0.05, 0) is 59.9 Å². The Hall–Kier alpha value is -4.17. The lowest BCUT2D eigenvalue weighted by Gasteiger charge is -2.22. The zero-order chi connectivity index (χ0) is 28.8. The summed E-state index contributed by atoms with van der Waals surface area (Å²) in [4.78, 5) is 37.2. The molecule has 2 aliphatic rings. The van der Waals surface area contributed by atoms with E-state index in [4.69, 9.17) is 9.47 Å². The van der Waals surface area contributed by atoms with Crippen molar-refractivity contribution in [2.24, 2.45) is 5.92 Å². The lowest BCUT2D eigenvalue weighted by Crippen LogP contribution is -2.48. The quantitative estimate of drug-likeness (QED) is 0.297. The number of hydrogen-bond donors (Lipinski definition) is 3. The van der Waals surface area contributed by atoms with Crippen LogP contribution in [-0.2, 0) is 25.7 Å². The minimum absolute atomic E-state index is 0.00517. The number of nitrogens with one attached hydrogen (secondary N) is 2. The predicted molar refractivity (Wildman–Crippen MR) is 154 cm³/mol. The summed E-state index contributed by atoms with van der Waals surface area (Å²) < 4.78 is 11.4. The van der Waals surface area contributed by atoms with Gasteiger partial charge in [0.25, 0.3) is 0 Å². The van der Waals surface area contributed by atoms with Gasteiger partial charge in [0, 0.05) is 18.4 Å². The molecule has 0 saturated heterocycles. The second kappa shape index (κ2) is 13.0. The SMILES string of the molecule is C[C@H](OCc1ccccc1)[C@@H](NC(=O)C[C@H]1CC[C@@H](NC(=O)OCC2c3ccccc3-c3ccccc32)C1)C(=O)O. The number of carboxylic acids is 1. The number of hydrogen-bond acceptors (Lipinski definition) is 5. The Morgan fingerprint density at radius 2 is 1.54 bits per heavy atom. The van der Waals surface area contributed by atoms with Crippen LogP contribution in [0.2, 0.25) is 0 Å². The summed E-state index contributed by atoms with van der Waals surface area (Å²) in [5.41, 5.74) is 5.60. The summed E-state index contributed by atoms with van der Waals surface area (Å²) >= 11 is 0. The van der Waals surface area contributed by atoms with Crippen LogP contribution in [-0.4, -0.2) is 47.9 Å². The van der Waals surface area contributed by atoms with Gasteiger partial charge in [-0.2, -0.15) is 0 Å². The number of rotatable bonds is 11. The standard InChI is InChI=1S/C33H36N2O6/c1-21(40-19-22-9-3-2-4-10-22)31(32(37)38)35-30(36)18-23-15-16-24(17-23)34-33(39)41-20-29-27-13-7-5-11-25(27)26-12-6-8-14-28(26)29/h2-14,21,23-24,29,31H,15-20H2,1H3,(H,34,39)(H,35,36)(H,37,38)/t21-,23-,24+,31+/m0/s1. The molecule has 0 aromatic heterocycles. The van der Waals surface area contributed by atoms with E-state index in [9.17, 15) is 19.5 Å². The summed E-state index contributed by atoms with van der Waals surface area (Å²) in [6, 6.07) is 24.6. The molecule has 1 fully saturated rings. The van der Waals surface area contributed by atoms with Gasteiger partial charge in [0.1, 0.15) is 6.61 Å². The molecule has 8 heteroatoms. The Labute approximate surface area is 240 Å². The van der Waals surface area contributed by atoms with E-state index in [1.807, 2.05) is 54.6 Å². The molecule has 4 atom stereocenters. The van der Waals surface area contributed by atoms with E-state index in [1.54, 1.807) is 6.92 Å². The van der Waals surface area contributed by atoms with Gasteiger partial charge in [0.05, 0.1) is 12.7 Å². The molecule has 1 saturated carbocycles. The maximum atomic E-state index is 12.7. The average molecular weight is 557 g/mol. The zero-order valence-corrected chi connectivity index (χ0v) is 23.1. The van der Waals surface area contributed by atoms with Gasteiger partial charge in [0.2, 0.25) is 5.91 Å². The van der Waals surface area contributed by atoms with Crippen LogP contribution in [0.1, 0.15) is 55.2 Å². The maximum absolute atomic E-state index is 12.7. The number of amides is 2.